The lowest BCUT2D eigenvalue weighted by molar-refractivity contribution is 0.112. The van der Waals surface area contributed by atoms with Crippen molar-refractivity contribution in [1.82, 2.24) is 4.57 Å². The number of benzene rings is 1. The Balaban J connectivity index is 2.42. The summed E-state index contributed by atoms with van der Waals surface area (Å²) in [5, 5.41) is 0. The van der Waals surface area contributed by atoms with E-state index in [9.17, 15) is 4.79 Å². The molecule has 1 heterocycles. The number of hydrogen-bond donors (Lipinski definition) is 0. The summed E-state index contributed by atoms with van der Waals surface area (Å²) in [7, 11) is 1.69. The summed E-state index contributed by atoms with van der Waals surface area (Å²) >= 11 is 0. The quantitative estimate of drug-likeness (QED) is 0.773. The Bertz CT molecular complexity index is 553. The van der Waals surface area contributed by atoms with E-state index in [1.54, 1.807) is 7.11 Å². The third-order valence-electron chi connectivity index (χ3n) is 3.10. The molecule has 0 aliphatic heterocycles. The second-order valence-corrected chi connectivity index (χ2v) is 4.38. The van der Waals surface area contributed by atoms with Gasteiger partial charge in [0.1, 0.15) is 0 Å². The standard InChI is InChI=1S/C15H17NO2/c1-11-8-14(9-17)12(2)16(11)15-6-4-13(5-7-15)10-18-3/h4-9H,10H2,1-3H3. The summed E-state index contributed by atoms with van der Waals surface area (Å²) in [5.41, 5.74) is 4.99. The zero-order valence-corrected chi connectivity index (χ0v) is 10.9. The highest BCUT2D eigenvalue weighted by Crippen LogP contribution is 2.20. The monoisotopic (exact) mass is 243 g/mol. The van der Waals surface area contributed by atoms with E-state index in [1.165, 1.54) is 0 Å². The topological polar surface area (TPSA) is 31.2 Å². The van der Waals surface area contributed by atoms with E-state index >= 15 is 0 Å². The number of carbonyl (C=O) groups excluding carboxylic acids is 1. The van der Waals surface area contributed by atoms with Crippen molar-refractivity contribution in [3.8, 4) is 5.69 Å². The van der Waals surface area contributed by atoms with Crippen molar-refractivity contribution >= 4 is 6.29 Å². The van der Waals surface area contributed by atoms with Gasteiger partial charge in [-0.2, -0.15) is 0 Å². The Labute approximate surface area is 107 Å². The Morgan fingerprint density at radius 2 is 1.89 bits per heavy atom. The minimum atomic E-state index is 0.615. The summed E-state index contributed by atoms with van der Waals surface area (Å²) in [6.07, 6.45) is 0.901. The SMILES string of the molecule is COCc1ccc(-n2c(C)cc(C=O)c2C)cc1. The Hall–Kier alpha value is -1.87. The van der Waals surface area contributed by atoms with Crippen LogP contribution >= 0.6 is 0 Å². The van der Waals surface area contributed by atoms with Crippen LogP contribution in [0.15, 0.2) is 30.3 Å². The molecule has 1 aromatic carbocycles. The van der Waals surface area contributed by atoms with Gasteiger partial charge in [0.15, 0.2) is 6.29 Å². The van der Waals surface area contributed by atoms with Gasteiger partial charge in [-0.05, 0) is 37.6 Å². The van der Waals surface area contributed by atoms with Crippen LogP contribution in [0, 0.1) is 13.8 Å². The van der Waals surface area contributed by atoms with E-state index in [0.717, 1.165) is 34.5 Å². The van der Waals surface area contributed by atoms with Crippen molar-refractivity contribution in [2.75, 3.05) is 7.11 Å². The number of aldehydes is 1. The van der Waals surface area contributed by atoms with Gasteiger partial charge in [0.05, 0.1) is 6.61 Å². The van der Waals surface area contributed by atoms with Crippen LogP contribution in [0.1, 0.15) is 27.3 Å². The van der Waals surface area contributed by atoms with E-state index in [-0.39, 0.29) is 0 Å². The molecule has 18 heavy (non-hydrogen) atoms. The van der Waals surface area contributed by atoms with Crippen LogP contribution in [0.3, 0.4) is 0 Å². The van der Waals surface area contributed by atoms with E-state index in [2.05, 4.69) is 4.57 Å². The van der Waals surface area contributed by atoms with Gasteiger partial charge in [-0.3, -0.25) is 4.79 Å². The predicted molar refractivity (Wildman–Crippen MR) is 71.3 cm³/mol. The molecular weight excluding hydrogens is 226 g/mol. The first-order valence-electron chi connectivity index (χ1n) is 5.89. The lowest BCUT2D eigenvalue weighted by Crippen LogP contribution is -2.00. The molecule has 0 saturated heterocycles. The average Bonchev–Trinajstić information content (AvgIpc) is 2.66. The molecule has 2 aromatic rings. The van der Waals surface area contributed by atoms with Gasteiger partial charge in [-0.15, -0.1) is 0 Å². The molecule has 3 nitrogen and oxygen atoms in total. The maximum atomic E-state index is 10.9. The fourth-order valence-electron chi connectivity index (χ4n) is 2.21. The first-order chi connectivity index (χ1) is 8.67. The third kappa shape index (κ3) is 2.22. The minimum absolute atomic E-state index is 0.615. The average molecular weight is 243 g/mol. The lowest BCUT2D eigenvalue weighted by Gasteiger charge is -2.10. The Kier molecular flexibility index (Phi) is 3.63. The van der Waals surface area contributed by atoms with Crippen molar-refractivity contribution < 1.29 is 9.53 Å². The van der Waals surface area contributed by atoms with E-state index in [4.69, 9.17) is 4.74 Å². The van der Waals surface area contributed by atoms with Gasteiger partial charge in [0.25, 0.3) is 0 Å². The van der Waals surface area contributed by atoms with Crippen LogP contribution in [-0.2, 0) is 11.3 Å². The number of ether oxygens (including phenoxy) is 1. The van der Waals surface area contributed by atoms with Gasteiger partial charge in [-0.25, -0.2) is 0 Å². The molecule has 2 rings (SSSR count). The van der Waals surface area contributed by atoms with Crippen molar-refractivity contribution in [3.05, 3.63) is 52.8 Å². The summed E-state index contributed by atoms with van der Waals surface area (Å²) < 4.78 is 7.17. The number of nitrogens with zero attached hydrogens (tertiary/aromatic N) is 1. The van der Waals surface area contributed by atoms with Crippen LogP contribution in [0.5, 0.6) is 0 Å². The second kappa shape index (κ2) is 5.19. The van der Waals surface area contributed by atoms with Gasteiger partial charge in [0, 0.05) is 29.7 Å². The highest BCUT2D eigenvalue weighted by Gasteiger charge is 2.09. The molecule has 3 heteroatoms. The number of aryl methyl sites for hydroxylation is 1. The molecule has 0 saturated carbocycles. The van der Waals surface area contributed by atoms with Crippen LogP contribution in [0.25, 0.3) is 5.69 Å². The van der Waals surface area contributed by atoms with E-state index in [1.807, 2.05) is 44.2 Å². The van der Waals surface area contributed by atoms with Crippen LogP contribution in [0.4, 0.5) is 0 Å². The molecule has 0 radical (unpaired) electrons. The zero-order chi connectivity index (χ0) is 13.1. The molecule has 0 N–H and O–H groups in total. The maximum Gasteiger partial charge on any atom is 0.151 e. The Morgan fingerprint density at radius 1 is 1.22 bits per heavy atom. The highest BCUT2D eigenvalue weighted by atomic mass is 16.5. The molecule has 94 valence electrons. The molecule has 0 bridgehead atoms. The van der Waals surface area contributed by atoms with Gasteiger partial charge >= 0.3 is 0 Å². The molecule has 0 aliphatic rings. The minimum Gasteiger partial charge on any atom is -0.380 e. The van der Waals surface area contributed by atoms with Crippen LogP contribution < -0.4 is 0 Å². The second-order valence-electron chi connectivity index (χ2n) is 4.38. The molecule has 0 amide bonds. The highest BCUT2D eigenvalue weighted by molar-refractivity contribution is 5.77. The van der Waals surface area contributed by atoms with Gasteiger partial charge in [0.2, 0.25) is 0 Å². The molecule has 0 fully saturated rings. The Morgan fingerprint density at radius 3 is 2.39 bits per heavy atom. The van der Waals surface area contributed by atoms with Crippen molar-refractivity contribution in [2.45, 2.75) is 20.5 Å². The molecule has 1 aromatic heterocycles. The first kappa shape index (κ1) is 12.6. The fraction of sp³-hybridized carbons (Fsp3) is 0.267. The normalized spacial score (nSPS) is 10.6. The summed E-state index contributed by atoms with van der Waals surface area (Å²) in [5.74, 6) is 0. The lowest BCUT2D eigenvalue weighted by atomic mass is 10.2. The van der Waals surface area contributed by atoms with E-state index < -0.39 is 0 Å². The van der Waals surface area contributed by atoms with E-state index in [0.29, 0.717) is 6.61 Å². The summed E-state index contributed by atoms with van der Waals surface area (Å²) in [4.78, 5) is 10.9. The van der Waals surface area contributed by atoms with Crippen molar-refractivity contribution in [3.63, 3.8) is 0 Å². The van der Waals surface area contributed by atoms with Crippen molar-refractivity contribution in [1.29, 1.82) is 0 Å². The summed E-state index contributed by atoms with van der Waals surface area (Å²) in [6, 6.07) is 10.1. The number of rotatable bonds is 4. The zero-order valence-electron chi connectivity index (χ0n) is 10.9. The summed E-state index contributed by atoms with van der Waals surface area (Å²) in [6.45, 7) is 4.58. The fourth-order valence-corrected chi connectivity index (χ4v) is 2.21. The van der Waals surface area contributed by atoms with Crippen molar-refractivity contribution in [2.24, 2.45) is 0 Å². The maximum absolute atomic E-state index is 10.9. The first-order valence-corrected chi connectivity index (χ1v) is 5.89. The van der Waals surface area contributed by atoms with Gasteiger partial charge < -0.3 is 9.30 Å². The number of hydrogen-bond acceptors (Lipinski definition) is 2. The number of aromatic nitrogens is 1. The molecule has 0 spiro atoms. The van der Waals surface area contributed by atoms with Gasteiger partial charge in [-0.1, -0.05) is 12.1 Å². The van der Waals surface area contributed by atoms with Crippen LogP contribution in [0.2, 0.25) is 0 Å². The molecular formula is C15H17NO2. The molecule has 0 unspecified atom stereocenters. The van der Waals surface area contributed by atoms with Crippen LogP contribution in [-0.4, -0.2) is 18.0 Å². The molecule has 0 aliphatic carbocycles. The number of methoxy groups -OCH3 is 1. The third-order valence-corrected chi connectivity index (χ3v) is 3.10. The molecule has 0 atom stereocenters. The predicted octanol–water partition coefficient (Wildman–Crippen LogP) is 3.05. The smallest absolute Gasteiger partial charge is 0.151 e. The largest absolute Gasteiger partial charge is 0.380 e. The number of carbonyl (C=O) groups is 1.